The lowest BCUT2D eigenvalue weighted by atomic mass is 9.98. The summed E-state index contributed by atoms with van der Waals surface area (Å²) >= 11 is 0. The first kappa shape index (κ1) is 26.3. The van der Waals surface area contributed by atoms with Gasteiger partial charge in [0.05, 0.1) is 7.11 Å². The van der Waals surface area contributed by atoms with Crippen molar-refractivity contribution in [1.82, 2.24) is 4.90 Å². The van der Waals surface area contributed by atoms with Crippen molar-refractivity contribution in [1.29, 1.82) is 0 Å². The van der Waals surface area contributed by atoms with Crippen LogP contribution in [0.15, 0.2) is 72.8 Å². The zero-order valence-corrected chi connectivity index (χ0v) is 22.2. The number of hydrogen-bond donors (Lipinski definition) is 0. The summed E-state index contributed by atoms with van der Waals surface area (Å²) in [5.41, 5.74) is 4.94. The van der Waals surface area contributed by atoms with E-state index in [1.54, 1.807) is 14.2 Å². The molecule has 6 heteroatoms. The SMILES string of the molecule is COc1cccc(CC[C@@H](C(=O)OC(C)(C)C)N(C)C(=O)OCC2c3ccccc3-c3ccccc32)c1. The standard InChI is InChI=1S/C31H35NO5/c1-31(2,3)37-29(33)28(18-17-21-11-10-12-22(19-21)35-5)32(4)30(34)36-20-27-25-15-8-6-13-23(25)24-14-7-9-16-26(24)27/h6-16,19,27-28H,17-18,20H2,1-5H3/t28-/m0/s1. The quantitative estimate of drug-likeness (QED) is 0.343. The fraction of sp³-hybridized carbons (Fsp3) is 0.355. The minimum Gasteiger partial charge on any atom is -0.497 e. The maximum atomic E-state index is 13.2. The largest absolute Gasteiger partial charge is 0.497 e. The van der Waals surface area contributed by atoms with Gasteiger partial charge in [0.2, 0.25) is 0 Å². The lowest BCUT2D eigenvalue weighted by Crippen LogP contribution is -2.46. The van der Waals surface area contributed by atoms with E-state index < -0.39 is 23.7 Å². The van der Waals surface area contributed by atoms with Crippen molar-refractivity contribution >= 4 is 12.1 Å². The first-order valence-corrected chi connectivity index (χ1v) is 12.6. The van der Waals surface area contributed by atoms with Crippen LogP contribution in [0.2, 0.25) is 0 Å². The molecule has 0 aliphatic heterocycles. The maximum absolute atomic E-state index is 13.2. The lowest BCUT2D eigenvalue weighted by Gasteiger charge is -2.30. The molecule has 1 aliphatic rings. The number of hydrogen-bond acceptors (Lipinski definition) is 5. The van der Waals surface area contributed by atoms with Gasteiger partial charge in [0, 0.05) is 13.0 Å². The molecule has 4 rings (SSSR count). The maximum Gasteiger partial charge on any atom is 0.410 e. The van der Waals surface area contributed by atoms with Crippen molar-refractivity contribution in [2.75, 3.05) is 20.8 Å². The van der Waals surface area contributed by atoms with Crippen molar-refractivity contribution in [3.05, 3.63) is 89.5 Å². The van der Waals surface area contributed by atoms with Crippen LogP contribution >= 0.6 is 0 Å². The second-order valence-electron chi connectivity index (χ2n) is 10.4. The molecule has 0 aromatic heterocycles. The molecule has 0 saturated heterocycles. The molecular formula is C31H35NO5. The van der Waals surface area contributed by atoms with E-state index in [0.717, 1.165) is 33.6 Å². The van der Waals surface area contributed by atoms with Crippen LogP contribution in [0.25, 0.3) is 11.1 Å². The molecule has 3 aromatic rings. The van der Waals surface area contributed by atoms with Crippen LogP contribution in [0.4, 0.5) is 4.79 Å². The third-order valence-corrected chi connectivity index (χ3v) is 6.61. The van der Waals surface area contributed by atoms with Gasteiger partial charge in [-0.15, -0.1) is 0 Å². The molecule has 1 amide bonds. The van der Waals surface area contributed by atoms with Gasteiger partial charge in [-0.25, -0.2) is 9.59 Å². The van der Waals surface area contributed by atoms with Crippen molar-refractivity contribution < 1.29 is 23.8 Å². The first-order valence-electron chi connectivity index (χ1n) is 12.6. The predicted octanol–water partition coefficient (Wildman–Crippen LogP) is 6.22. The summed E-state index contributed by atoms with van der Waals surface area (Å²) in [5.74, 6) is 0.240. The van der Waals surface area contributed by atoms with Gasteiger partial charge in [0.1, 0.15) is 24.0 Å². The van der Waals surface area contributed by atoms with Gasteiger partial charge in [-0.3, -0.25) is 4.90 Å². The summed E-state index contributed by atoms with van der Waals surface area (Å²) in [6.45, 7) is 5.64. The zero-order valence-electron chi connectivity index (χ0n) is 22.2. The molecule has 37 heavy (non-hydrogen) atoms. The molecule has 0 fully saturated rings. The lowest BCUT2D eigenvalue weighted by molar-refractivity contribution is -0.160. The minimum atomic E-state index is -0.791. The number of esters is 1. The van der Waals surface area contributed by atoms with Crippen LogP contribution in [0, 0.1) is 0 Å². The number of benzene rings is 3. The second kappa shape index (κ2) is 11.1. The molecule has 194 valence electrons. The summed E-state index contributed by atoms with van der Waals surface area (Å²) in [7, 11) is 3.21. The number of nitrogens with zero attached hydrogens (tertiary/aromatic N) is 1. The van der Waals surface area contributed by atoms with Gasteiger partial charge in [-0.1, -0.05) is 60.7 Å². The van der Waals surface area contributed by atoms with Crippen molar-refractivity contribution in [2.24, 2.45) is 0 Å². The number of likely N-dealkylation sites (N-methyl/N-ethyl adjacent to an activating group) is 1. The molecule has 0 spiro atoms. The Hall–Kier alpha value is -3.80. The number of carbonyl (C=O) groups excluding carboxylic acids is 2. The number of fused-ring (bicyclic) bond motifs is 3. The Kier molecular flexibility index (Phi) is 7.86. The average Bonchev–Trinajstić information content (AvgIpc) is 3.20. The van der Waals surface area contributed by atoms with Crippen LogP contribution < -0.4 is 4.74 Å². The van der Waals surface area contributed by atoms with E-state index >= 15 is 0 Å². The van der Waals surface area contributed by atoms with Gasteiger partial charge in [0.15, 0.2) is 0 Å². The number of methoxy groups -OCH3 is 1. The fourth-order valence-electron chi connectivity index (χ4n) is 4.79. The van der Waals surface area contributed by atoms with Crippen molar-refractivity contribution in [3.63, 3.8) is 0 Å². The van der Waals surface area contributed by atoms with E-state index in [1.165, 1.54) is 4.90 Å². The Bertz CT molecular complexity index is 1220. The zero-order chi connectivity index (χ0) is 26.6. The summed E-state index contributed by atoms with van der Waals surface area (Å²) in [6, 6.07) is 23.3. The first-order chi connectivity index (χ1) is 17.7. The Morgan fingerprint density at radius 2 is 1.54 bits per heavy atom. The molecule has 0 bridgehead atoms. The van der Waals surface area contributed by atoms with Crippen molar-refractivity contribution in [3.8, 4) is 16.9 Å². The van der Waals surface area contributed by atoms with E-state index in [9.17, 15) is 9.59 Å². The van der Waals surface area contributed by atoms with Gasteiger partial charge < -0.3 is 14.2 Å². The number of amides is 1. The van der Waals surface area contributed by atoms with Gasteiger partial charge in [-0.2, -0.15) is 0 Å². The highest BCUT2D eigenvalue weighted by atomic mass is 16.6. The van der Waals surface area contributed by atoms with Gasteiger partial charge >= 0.3 is 12.1 Å². The Morgan fingerprint density at radius 1 is 0.919 bits per heavy atom. The molecule has 0 saturated carbocycles. The molecule has 0 unspecified atom stereocenters. The smallest absolute Gasteiger partial charge is 0.410 e. The van der Waals surface area contributed by atoms with Crippen LogP contribution in [-0.4, -0.2) is 49.4 Å². The number of ether oxygens (including phenoxy) is 3. The highest BCUT2D eigenvalue weighted by molar-refractivity contribution is 5.82. The Morgan fingerprint density at radius 3 is 2.14 bits per heavy atom. The molecule has 1 aliphatic carbocycles. The molecule has 3 aromatic carbocycles. The number of aryl methyl sites for hydroxylation is 1. The van der Waals surface area contributed by atoms with Crippen LogP contribution in [-0.2, 0) is 20.7 Å². The van der Waals surface area contributed by atoms with Gasteiger partial charge in [0.25, 0.3) is 0 Å². The number of rotatable bonds is 8. The van der Waals surface area contributed by atoms with Crippen LogP contribution in [0.5, 0.6) is 5.75 Å². The fourth-order valence-corrected chi connectivity index (χ4v) is 4.79. The Labute approximate surface area is 219 Å². The molecule has 0 heterocycles. The highest BCUT2D eigenvalue weighted by Crippen LogP contribution is 2.44. The summed E-state index contributed by atoms with van der Waals surface area (Å²) < 4.78 is 16.8. The van der Waals surface area contributed by atoms with E-state index in [4.69, 9.17) is 14.2 Å². The molecule has 0 N–H and O–H groups in total. The van der Waals surface area contributed by atoms with Gasteiger partial charge in [-0.05, 0) is 73.6 Å². The van der Waals surface area contributed by atoms with Crippen LogP contribution in [0.1, 0.15) is 49.8 Å². The highest BCUT2D eigenvalue weighted by Gasteiger charge is 2.34. The van der Waals surface area contributed by atoms with E-state index in [-0.39, 0.29) is 12.5 Å². The third kappa shape index (κ3) is 6.13. The summed E-state index contributed by atoms with van der Waals surface area (Å²) in [6.07, 6.45) is 0.411. The molecule has 0 radical (unpaired) electrons. The summed E-state index contributed by atoms with van der Waals surface area (Å²) in [5, 5.41) is 0. The van der Waals surface area contributed by atoms with E-state index in [0.29, 0.717) is 12.8 Å². The average molecular weight is 502 g/mol. The topological polar surface area (TPSA) is 65.1 Å². The monoisotopic (exact) mass is 501 g/mol. The van der Waals surface area contributed by atoms with E-state index in [1.807, 2.05) is 69.3 Å². The normalized spacial score (nSPS) is 13.3. The minimum absolute atomic E-state index is 0.0542. The van der Waals surface area contributed by atoms with E-state index in [2.05, 4.69) is 24.3 Å². The Balaban J connectivity index is 1.48. The predicted molar refractivity (Wildman–Crippen MR) is 144 cm³/mol. The second-order valence-corrected chi connectivity index (χ2v) is 10.4. The molecular weight excluding hydrogens is 466 g/mol. The third-order valence-electron chi connectivity index (χ3n) is 6.61. The van der Waals surface area contributed by atoms with Crippen molar-refractivity contribution in [2.45, 2.75) is 51.2 Å². The van der Waals surface area contributed by atoms with Crippen LogP contribution in [0.3, 0.4) is 0 Å². The molecule has 1 atom stereocenters. The number of carbonyl (C=O) groups is 2. The summed E-state index contributed by atoms with van der Waals surface area (Å²) in [4.78, 5) is 27.7. The molecule has 6 nitrogen and oxygen atoms in total.